The molecule has 1 atom stereocenters. The van der Waals surface area contributed by atoms with E-state index in [-0.39, 0.29) is 18.2 Å². The highest BCUT2D eigenvalue weighted by atomic mass is 127. The maximum Gasteiger partial charge on any atom is 0.311 e. The second kappa shape index (κ2) is 5.59. The maximum absolute atomic E-state index is 12.4. The Labute approximate surface area is 130 Å². The fraction of sp³-hybridized carbons (Fsp3) is 0.429. The SMILES string of the molecule is CC1(C(=O)O)CCCN(C(=O)c2ccc(I)c(O)c2)C1. The molecule has 0 radical (unpaired) electrons. The number of hydrogen-bond donors (Lipinski definition) is 2. The van der Waals surface area contributed by atoms with Gasteiger partial charge in [-0.15, -0.1) is 0 Å². The van der Waals surface area contributed by atoms with Gasteiger partial charge in [0, 0.05) is 18.7 Å². The van der Waals surface area contributed by atoms with Crippen molar-refractivity contribution in [3.8, 4) is 5.75 Å². The van der Waals surface area contributed by atoms with Gasteiger partial charge in [-0.25, -0.2) is 0 Å². The van der Waals surface area contributed by atoms with E-state index in [1.165, 1.54) is 6.07 Å². The van der Waals surface area contributed by atoms with Crippen molar-refractivity contribution in [2.24, 2.45) is 5.41 Å². The monoisotopic (exact) mass is 389 g/mol. The van der Waals surface area contributed by atoms with Crippen LogP contribution in [-0.2, 0) is 4.79 Å². The number of rotatable bonds is 2. The summed E-state index contributed by atoms with van der Waals surface area (Å²) < 4.78 is 0.674. The Bertz CT molecular complexity index is 560. The second-order valence-electron chi connectivity index (χ2n) is 5.36. The fourth-order valence-electron chi connectivity index (χ4n) is 2.42. The number of phenols is 1. The number of likely N-dealkylation sites (tertiary alicyclic amines) is 1. The number of carbonyl (C=O) groups is 2. The minimum Gasteiger partial charge on any atom is -0.507 e. The molecule has 5 nitrogen and oxygen atoms in total. The molecular weight excluding hydrogens is 373 g/mol. The molecule has 0 bridgehead atoms. The fourth-order valence-corrected chi connectivity index (χ4v) is 2.75. The van der Waals surface area contributed by atoms with E-state index in [1.807, 2.05) is 22.6 Å². The predicted octanol–water partition coefficient (Wildman–Crippen LogP) is 2.32. The molecule has 1 heterocycles. The van der Waals surface area contributed by atoms with E-state index >= 15 is 0 Å². The van der Waals surface area contributed by atoms with E-state index in [0.29, 0.717) is 28.5 Å². The quantitative estimate of drug-likeness (QED) is 0.762. The number of benzene rings is 1. The first kappa shape index (κ1) is 15.1. The van der Waals surface area contributed by atoms with E-state index in [1.54, 1.807) is 24.0 Å². The highest BCUT2D eigenvalue weighted by molar-refractivity contribution is 14.1. The number of amides is 1. The van der Waals surface area contributed by atoms with Crippen molar-refractivity contribution in [2.75, 3.05) is 13.1 Å². The van der Waals surface area contributed by atoms with Crippen molar-refractivity contribution in [3.63, 3.8) is 0 Å². The van der Waals surface area contributed by atoms with Gasteiger partial charge in [-0.3, -0.25) is 9.59 Å². The summed E-state index contributed by atoms with van der Waals surface area (Å²) in [5.41, 5.74) is -0.503. The lowest BCUT2D eigenvalue weighted by Gasteiger charge is -2.37. The third kappa shape index (κ3) is 2.89. The largest absolute Gasteiger partial charge is 0.507 e. The van der Waals surface area contributed by atoms with Crippen LogP contribution in [0.1, 0.15) is 30.1 Å². The normalized spacial score (nSPS) is 22.6. The first-order valence-electron chi connectivity index (χ1n) is 6.35. The van der Waals surface area contributed by atoms with Crippen LogP contribution in [0.3, 0.4) is 0 Å². The molecule has 2 rings (SSSR count). The first-order valence-corrected chi connectivity index (χ1v) is 7.42. The minimum atomic E-state index is -0.890. The summed E-state index contributed by atoms with van der Waals surface area (Å²) in [6, 6.07) is 4.75. The Hall–Kier alpha value is -1.31. The van der Waals surface area contributed by atoms with Gasteiger partial charge in [-0.1, -0.05) is 0 Å². The Morgan fingerprint density at radius 1 is 1.40 bits per heavy atom. The van der Waals surface area contributed by atoms with Gasteiger partial charge in [0.25, 0.3) is 5.91 Å². The van der Waals surface area contributed by atoms with E-state index in [0.717, 1.165) is 0 Å². The summed E-state index contributed by atoms with van der Waals surface area (Å²) in [5, 5.41) is 18.9. The number of carboxylic acids is 1. The molecular formula is C14H16INO4. The van der Waals surface area contributed by atoms with Crippen molar-refractivity contribution < 1.29 is 19.8 Å². The number of phenolic OH excluding ortho intramolecular Hbond substituents is 1. The standard InChI is InChI=1S/C14H16INO4/c1-14(13(19)20)5-2-6-16(8-14)12(18)9-3-4-10(15)11(17)7-9/h3-4,7,17H,2,5-6,8H2,1H3,(H,19,20). The molecule has 1 aliphatic heterocycles. The van der Waals surface area contributed by atoms with Gasteiger partial charge in [-0.05, 0) is 60.6 Å². The first-order chi connectivity index (χ1) is 9.33. The van der Waals surface area contributed by atoms with Gasteiger partial charge in [0.1, 0.15) is 5.75 Å². The van der Waals surface area contributed by atoms with Crippen LogP contribution in [0.4, 0.5) is 0 Å². The van der Waals surface area contributed by atoms with Crippen LogP contribution in [0.25, 0.3) is 0 Å². The number of aromatic hydroxyl groups is 1. The lowest BCUT2D eigenvalue weighted by atomic mass is 9.82. The predicted molar refractivity (Wildman–Crippen MR) is 81.7 cm³/mol. The van der Waals surface area contributed by atoms with Crippen LogP contribution < -0.4 is 0 Å². The van der Waals surface area contributed by atoms with Crippen molar-refractivity contribution in [1.29, 1.82) is 0 Å². The van der Waals surface area contributed by atoms with Crippen LogP contribution in [0, 0.1) is 8.99 Å². The van der Waals surface area contributed by atoms with Crippen molar-refractivity contribution in [1.82, 2.24) is 4.90 Å². The highest BCUT2D eigenvalue weighted by Gasteiger charge is 2.39. The third-order valence-corrected chi connectivity index (χ3v) is 4.61. The lowest BCUT2D eigenvalue weighted by molar-refractivity contribution is -0.150. The number of carboxylic acid groups (broad SMARTS) is 1. The highest BCUT2D eigenvalue weighted by Crippen LogP contribution is 2.31. The molecule has 1 aromatic carbocycles. The van der Waals surface area contributed by atoms with E-state index in [4.69, 9.17) is 0 Å². The summed E-state index contributed by atoms with van der Waals surface area (Å²) in [7, 11) is 0. The molecule has 6 heteroatoms. The van der Waals surface area contributed by atoms with Gasteiger partial charge >= 0.3 is 5.97 Å². The van der Waals surface area contributed by atoms with Crippen LogP contribution >= 0.6 is 22.6 Å². The summed E-state index contributed by atoms with van der Waals surface area (Å²) in [6.45, 7) is 2.42. The van der Waals surface area contributed by atoms with Gasteiger partial charge in [0.05, 0.1) is 8.99 Å². The van der Waals surface area contributed by atoms with Gasteiger partial charge in [0.2, 0.25) is 0 Å². The number of carbonyl (C=O) groups excluding carboxylic acids is 1. The molecule has 1 saturated heterocycles. The molecule has 1 unspecified atom stereocenters. The van der Waals surface area contributed by atoms with Crippen molar-refractivity contribution >= 4 is 34.5 Å². The number of halogens is 1. The minimum absolute atomic E-state index is 0.0643. The molecule has 2 N–H and O–H groups in total. The Kier molecular flexibility index (Phi) is 4.22. The van der Waals surface area contributed by atoms with Crippen molar-refractivity contribution in [2.45, 2.75) is 19.8 Å². The molecule has 1 fully saturated rings. The zero-order chi connectivity index (χ0) is 14.9. The van der Waals surface area contributed by atoms with Gasteiger partial charge < -0.3 is 15.1 Å². The summed E-state index contributed by atoms with van der Waals surface area (Å²) in [5.74, 6) is -1.04. The van der Waals surface area contributed by atoms with Crippen LogP contribution in [0.5, 0.6) is 5.75 Å². The van der Waals surface area contributed by atoms with Crippen molar-refractivity contribution in [3.05, 3.63) is 27.3 Å². The Morgan fingerprint density at radius 2 is 2.10 bits per heavy atom. The number of nitrogens with zero attached hydrogens (tertiary/aromatic N) is 1. The van der Waals surface area contributed by atoms with Gasteiger partial charge in [-0.2, -0.15) is 0 Å². The van der Waals surface area contributed by atoms with E-state index in [9.17, 15) is 19.8 Å². The number of piperidine rings is 1. The molecule has 1 aliphatic rings. The van der Waals surface area contributed by atoms with Gasteiger partial charge in [0.15, 0.2) is 0 Å². The molecule has 0 aliphatic carbocycles. The zero-order valence-corrected chi connectivity index (χ0v) is 13.3. The molecule has 20 heavy (non-hydrogen) atoms. The molecule has 1 amide bonds. The smallest absolute Gasteiger partial charge is 0.311 e. The lowest BCUT2D eigenvalue weighted by Crippen LogP contribution is -2.48. The van der Waals surface area contributed by atoms with E-state index < -0.39 is 11.4 Å². The van der Waals surface area contributed by atoms with Crippen LogP contribution in [0.2, 0.25) is 0 Å². The Balaban J connectivity index is 2.20. The average Bonchev–Trinajstić information content (AvgIpc) is 2.41. The molecule has 0 aromatic heterocycles. The molecule has 0 spiro atoms. The Morgan fingerprint density at radius 3 is 2.70 bits per heavy atom. The summed E-state index contributed by atoms with van der Waals surface area (Å²) >= 11 is 1.98. The number of hydrogen-bond acceptors (Lipinski definition) is 3. The molecule has 0 saturated carbocycles. The topological polar surface area (TPSA) is 77.8 Å². The van der Waals surface area contributed by atoms with E-state index in [2.05, 4.69) is 0 Å². The number of aliphatic carboxylic acids is 1. The van der Waals surface area contributed by atoms with Crippen LogP contribution in [-0.4, -0.2) is 40.1 Å². The zero-order valence-electron chi connectivity index (χ0n) is 11.1. The molecule has 108 valence electrons. The molecule has 1 aromatic rings. The third-order valence-electron chi connectivity index (χ3n) is 3.69. The average molecular weight is 389 g/mol. The second-order valence-corrected chi connectivity index (χ2v) is 6.52. The summed E-state index contributed by atoms with van der Waals surface area (Å²) in [4.78, 5) is 25.2. The van der Waals surface area contributed by atoms with Crippen LogP contribution in [0.15, 0.2) is 18.2 Å². The maximum atomic E-state index is 12.4. The summed E-state index contributed by atoms with van der Waals surface area (Å²) in [6.07, 6.45) is 1.24.